The van der Waals surface area contributed by atoms with Crippen LogP contribution in [0.2, 0.25) is 0 Å². The number of nitrogens with one attached hydrogen (secondary N) is 2. The third kappa shape index (κ3) is 5.76. The van der Waals surface area contributed by atoms with Gasteiger partial charge in [-0.3, -0.25) is 0 Å². The molecule has 1 atom stereocenters. The third-order valence-electron chi connectivity index (χ3n) is 6.41. The van der Waals surface area contributed by atoms with Crippen LogP contribution in [0.5, 0.6) is 0 Å². The molecule has 0 unspecified atom stereocenters. The molecule has 0 saturated heterocycles. The largest absolute Gasteiger partial charge is 0.361 e. The fourth-order valence-corrected chi connectivity index (χ4v) is 6.67. The Morgan fingerprint density at radius 1 is 1.02 bits per heavy atom. The van der Waals surface area contributed by atoms with E-state index in [9.17, 15) is 13.2 Å². The minimum absolute atomic E-state index is 0.0358. The van der Waals surface area contributed by atoms with Gasteiger partial charge < -0.3 is 9.82 Å². The van der Waals surface area contributed by atoms with Gasteiger partial charge in [-0.15, -0.1) is 16.4 Å². The Morgan fingerprint density at radius 2 is 1.80 bits per heavy atom. The number of carbonyl (C=O) groups is 1. The first-order valence-corrected chi connectivity index (χ1v) is 14.9. The molecule has 0 amide bonds. The highest BCUT2D eigenvalue weighted by Gasteiger charge is 2.30. The highest BCUT2D eigenvalue weighted by Crippen LogP contribution is 2.23. The Hall–Kier alpha value is -4.76. The Balaban J connectivity index is 1.28. The second-order valence-electron chi connectivity index (χ2n) is 9.33. The molecule has 9 nitrogen and oxygen atoms in total. The van der Waals surface area contributed by atoms with Gasteiger partial charge in [0, 0.05) is 29.1 Å². The molecule has 0 aliphatic carbocycles. The Kier molecular flexibility index (Phi) is 7.11. The van der Waals surface area contributed by atoms with E-state index in [4.69, 9.17) is 4.84 Å². The van der Waals surface area contributed by atoms with Gasteiger partial charge in [0.1, 0.15) is 21.3 Å². The highest BCUT2D eigenvalue weighted by atomic mass is 32.2. The number of H-pyrrole nitrogens is 1. The maximum atomic E-state index is 13.5. The fraction of sp³-hybridized carbons (Fsp3) is 0.100. The summed E-state index contributed by atoms with van der Waals surface area (Å²) in [6.45, 7) is 2.00. The lowest BCUT2D eigenvalue weighted by molar-refractivity contribution is -0.147. The molecule has 0 aliphatic rings. The first-order chi connectivity index (χ1) is 19.9. The van der Waals surface area contributed by atoms with E-state index in [1.165, 1.54) is 6.07 Å². The lowest BCUT2D eigenvalue weighted by Gasteiger charge is -2.16. The van der Waals surface area contributed by atoms with Gasteiger partial charge in [-0.25, -0.2) is 13.2 Å². The summed E-state index contributed by atoms with van der Waals surface area (Å²) in [6, 6.07) is 24.2. The maximum absolute atomic E-state index is 13.5. The topological polar surface area (TPSA) is 119 Å². The molecule has 41 heavy (non-hydrogen) atoms. The fourth-order valence-electron chi connectivity index (χ4n) is 4.31. The number of sulfonamides is 1. The van der Waals surface area contributed by atoms with E-state index >= 15 is 0 Å². The van der Waals surface area contributed by atoms with Crippen LogP contribution in [-0.4, -0.2) is 40.6 Å². The van der Waals surface area contributed by atoms with Gasteiger partial charge in [-0.2, -0.15) is 4.72 Å². The molecular weight excluding hydrogens is 558 g/mol. The molecule has 0 fully saturated rings. The van der Waals surface area contributed by atoms with Crippen molar-refractivity contribution in [2.75, 3.05) is 0 Å². The lowest BCUT2D eigenvalue weighted by Crippen LogP contribution is -2.46. The van der Waals surface area contributed by atoms with Crippen molar-refractivity contribution >= 4 is 49.3 Å². The van der Waals surface area contributed by atoms with Crippen molar-refractivity contribution in [2.24, 2.45) is 0 Å². The van der Waals surface area contributed by atoms with E-state index in [2.05, 4.69) is 31.9 Å². The van der Waals surface area contributed by atoms with Crippen LogP contribution in [-0.2, 0) is 21.2 Å². The zero-order chi connectivity index (χ0) is 28.4. The number of rotatable bonds is 7. The Morgan fingerprint density at radius 3 is 2.66 bits per heavy atom. The Bertz CT molecular complexity index is 2050. The summed E-state index contributed by atoms with van der Waals surface area (Å²) in [5.74, 6) is 5.24. The van der Waals surface area contributed by atoms with Gasteiger partial charge in [-0.05, 0) is 60.2 Å². The first kappa shape index (κ1) is 26.5. The summed E-state index contributed by atoms with van der Waals surface area (Å²) in [4.78, 5) is 23.7. The predicted octanol–water partition coefficient (Wildman–Crippen LogP) is 4.23. The number of hydrogen-bond donors (Lipinski definition) is 2. The van der Waals surface area contributed by atoms with Gasteiger partial charge >= 0.3 is 5.97 Å². The van der Waals surface area contributed by atoms with Gasteiger partial charge in [0.15, 0.2) is 0 Å². The van der Waals surface area contributed by atoms with Gasteiger partial charge in [0.05, 0.1) is 4.88 Å². The predicted molar refractivity (Wildman–Crippen MR) is 157 cm³/mol. The van der Waals surface area contributed by atoms with Crippen molar-refractivity contribution in [3.8, 4) is 11.8 Å². The van der Waals surface area contributed by atoms with Gasteiger partial charge in [0.2, 0.25) is 0 Å². The molecule has 11 heteroatoms. The lowest BCUT2D eigenvalue weighted by atomic mass is 10.1. The standard InChI is InChI=1S/C30H23N5O4S2/c1-20-10-12-21(13-11-20)14-15-23-16-17-29(40-23)41(37,38)33-27(18-22-19-31-25-7-3-2-6-24(22)25)30(36)39-35-28-9-5-4-8-26(28)32-34-35/h2-13,16-17,19,27,31,33H,18H2,1H3/t27-/m1/s1. The quantitative estimate of drug-likeness (QED) is 0.215. The van der Waals surface area contributed by atoms with Crippen LogP contribution in [0.3, 0.4) is 0 Å². The zero-order valence-electron chi connectivity index (χ0n) is 21.7. The van der Waals surface area contributed by atoms with Crippen LogP contribution in [0.25, 0.3) is 21.9 Å². The second-order valence-corrected chi connectivity index (χ2v) is 12.4. The van der Waals surface area contributed by atoms with Crippen molar-refractivity contribution < 1.29 is 18.0 Å². The number of para-hydroxylation sites is 2. The molecule has 0 radical (unpaired) electrons. The van der Waals surface area contributed by atoms with Gasteiger partial charge in [-0.1, -0.05) is 64.7 Å². The average Bonchev–Trinajstić information content (AvgIpc) is 3.72. The van der Waals surface area contributed by atoms with Crippen molar-refractivity contribution in [3.05, 3.63) is 113 Å². The van der Waals surface area contributed by atoms with Crippen LogP contribution in [0.1, 0.15) is 21.6 Å². The minimum Gasteiger partial charge on any atom is -0.361 e. The van der Waals surface area contributed by atoms with Crippen molar-refractivity contribution in [1.29, 1.82) is 0 Å². The van der Waals surface area contributed by atoms with Crippen molar-refractivity contribution in [2.45, 2.75) is 23.6 Å². The van der Waals surface area contributed by atoms with E-state index in [0.717, 1.165) is 43.8 Å². The van der Waals surface area contributed by atoms with E-state index in [0.29, 0.717) is 15.9 Å². The summed E-state index contributed by atoms with van der Waals surface area (Å²) in [7, 11) is -4.11. The highest BCUT2D eigenvalue weighted by molar-refractivity contribution is 7.91. The number of thiophene rings is 1. The Labute approximate surface area is 239 Å². The normalized spacial score (nSPS) is 12.2. The van der Waals surface area contributed by atoms with Crippen LogP contribution in [0.4, 0.5) is 0 Å². The maximum Gasteiger partial charge on any atom is 0.353 e. The van der Waals surface area contributed by atoms with Crippen LogP contribution in [0, 0.1) is 18.8 Å². The molecule has 0 aliphatic heterocycles. The summed E-state index contributed by atoms with van der Waals surface area (Å²) >= 11 is 1.02. The van der Waals surface area contributed by atoms with E-state index < -0.39 is 22.0 Å². The summed E-state index contributed by atoms with van der Waals surface area (Å²) < 4.78 is 29.5. The molecule has 3 aromatic heterocycles. The number of carbonyl (C=O) groups excluding carboxylic acids is 1. The molecule has 0 spiro atoms. The molecule has 0 saturated carbocycles. The summed E-state index contributed by atoms with van der Waals surface area (Å²) in [5.41, 5.74) is 4.59. The third-order valence-corrected chi connectivity index (χ3v) is 9.37. The van der Waals surface area contributed by atoms with Crippen molar-refractivity contribution in [1.82, 2.24) is 24.9 Å². The molecule has 6 rings (SSSR count). The smallest absolute Gasteiger partial charge is 0.353 e. The number of hydrogen-bond acceptors (Lipinski definition) is 7. The molecule has 6 aromatic rings. The van der Waals surface area contributed by atoms with Crippen molar-refractivity contribution in [3.63, 3.8) is 0 Å². The zero-order valence-corrected chi connectivity index (χ0v) is 23.4. The van der Waals surface area contributed by atoms with Crippen LogP contribution in [0.15, 0.2) is 95.3 Å². The van der Waals surface area contributed by atoms with E-state index in [-0.39, 0.29) is 10.6 Å². The number of aryl methyl sites for hydroxylation is 1. The van der Waals surface area contributed by atoms with Crippen LogP contribution >= 0.6 is 11.3 Å². The van der Waals surface area contributed by atoms with E-state index in [1.807, 2.05) is 55.5 Å². The number of benzene rings is 3. The van der Waals surface area contributed by atoms with Crippen LogP contribution < -0.4 is 9.56 Å². The monoisotopic (exact) mass is 581 g/mol. The SMILES string of the molecule is Cc1ccc(C#Cc2ccc(S(=O)(=O)N[C@H](Cc3c[nH]c4ccccc34)C(=O)On3nnc4ccccc43)s2)cc1. The molecule has 0 bridgehead atoms. The molecule has 2 N–H and O–H groups in total. The number of nitrogens with zero attached hydrogens (tertiary/aromatic N) is 3. The number of aromatic amines is 1. The molecular formula is C30H23N5O4S2. The average molecular weight is 582 g/mol. The molecule has 3 aromatic carbocycles. The molecule has 204 valence electrons. The first-order valence-electron chi connectivity index (χ1n) is 12.6. The minimum atomic E-state index is -4.11. The summed E-state index contributed by atoms with van der Waals surface area (Å²) in [5, 5.41) is 8.77. The van der Waals surface area contributed by atoms with Gasteiger partial charge in [0.25, 0.3) is 10.0 Å². The number of fused-ring (bicyclic) bond motifs is 2. The molecule has 3 heterocycles. The van der Waals surface area contributed by atoms with E-state index in [1.54, 1.807) is 36.5 Å². The second kappa shape index (κ2) is 11.0. The number of aromatic nitrogens is 4. The summed E-state index contributed by atoms with van der Waals surface area (Å²) in [6.07, 6.45) is 1.80.